The van der Waals surface area contributed by atoms with Crippen LogP contribution in [-0.2, 0) is 17.4 Å². The second-order valence-corrected chi connectivity index (χ2v) is 6.90. The van der Waals surface area contributed by atoms with E-state index in [0.29, 0.717) is 6.54 Å². The van der Waals surface area contributed by atoms with Gasteiger partial charge in [-0.05, 0) is 36.1 Å². The molecule has 2 aliphatic rings. The van der Waals surface area contributed by atoms with Gasteiger partial charge in [0.15, 0.2) is 0 Å². The van der Waals surface area contributed by atoms with Crippen molar-refractivity contribution in [3.05, 3.63) is 53.6 Å². The number of rotatable bonds is 4. The molecule has 1 saturated heterocycles. The van der Waals surface area contributed by atoms with Crippen LogP contribution in [0.5, 0.6) is 0 Å². The van der Waals surface area contributed by atoms with Crippen molar-refractivity contribution >= 4 is 5.91 Å². The first-order valence-electron chi connectivity index (χ1n) is 8.35. The summed E-state index contributed by atoms with van der Waals surface area (Å²) < 4.78 is 14.9. The lowest BCUT2D eigenvalue weighted by atomic mass is 9.89. The lowest BCUT2D eigenvalue weighted by Crippen LogP contribution is -2.41. The van der Waals surface area contributed by atoms with Gasteiger partial charge < -0.3 is 10.6 Å². The molecular weight excluding hydrogens is 307 g/mol. The number of carbonyl (C=O) groups excluding carboxylic acids is 1. The fourth-order valence-electron chi connectivity index (χ4n) is 3.64. The molecule has 126 valence electrons. The smallest absolute Gasteiger partial charge is 0.225 e. The van der Waals surface area contributed by atoms with Crippen molar-refractivity contribution in [2.45, 2.75) is 24.3 Å². The Kier molecular flexibility index (Phi) is 3.64. The van der Waals surface area contributed by atoms with Crippen LogP contribution < -0.4 is 10.6 Å². The van der Waals surface area contributed by atoms with E-state index in [1.54, 1.807) is 16.8 Å². The number of hydrogen-bond donors (Lipinski definition) is 2. The van der Waals surface area contributed by atoms with Gasteiger partial charge in [-0.15, -0.1) is 0 Å². The minimum atomic E-state index is -0.313. The number of aromatic nitrogens is 2. The number of amides is 1. The van der Waals surface area contributed by atoms with E-state index in [9.17, 15) is 9.18 Å². The van der Waals surface area contributed by atoms with Gasteiger partial charge in [0.1, 0.15) is 5.82 Å². The number of hydrogen-bond acceptors (Lipinski definition) is 3. The van der Waals surface area contributed by atoms with Crippen molar-refractivity contribution in [3.8, 4) is 0 Å². The summed E-state index contributed by atoms with van der Waals surface area (Å²) in [5.41, 5.74) is 1.77. The fraction of sp³-hybridized carbons (Fsp3) is 0.444. The van der Waals surface area contributed by atoms with Crippen molar-refractivity contribution in [3.63, 3.8) is 0 Å². The standard InChI is InChI=1S/C18H21FN4O/c1-23-11-12(8-21-23)15-9-20-10-16(15)17(24)22-18(6-7-18)13-2-4-14(19)5-3-13/h2-5,8,11,15-16,20H,6-7,9-10H2,1H3,(H,22,24)/t15-,16+/m1/s1. The molecule has 5 nitrogen and oxygen atoms in total. The van der Waals surface area contributed by atoms with Crippen molar-refractivity contribution < 1.29 is 9.18 Å². The summed E-state index contributed by atoms with van der Waals surface area (Å²) in [4.78, 5) is 12.9. The zero-order valence-electron chi connectivity index (χ0n) is 13.6. The van der Waals surface area contributed by atoms with Crippen molar-refractivity contribution in [2.24, 2.45) is 13.0 Å². The quantitative estimate of drug-likeness (QED) is 0.897. The minimum Gasteiger partial charge on any atom is -0.346 e. The highest BCUT2D eigenvalue weighted by molar-refractivity contribution is 5.82. The van der Waals surface area contributed by atoms with Crippen LogP contribution in [0.4, 0.5) is 4.39 Å². The Bertz CT molecular complexity index is 751. The van der Waals surface area contributed by atoms with E-state index in [4.69, 9.17) is 0 Å². The first-order valence-corrected chi connectivity index (χ1v) is 8.35. The van der Waals surface area contributed by atoms with Crippen LogP contribution in [0.1, 0.15) is 29.9 Å². The van der Waals surface area contributed by atoms with Crippen LogP contribution in [0.2, 0.25) is 0 Å². The summed E-state index contributed by atoms with van der Waals surface area (Å²) in [5, 5.41) is 10.8. The summed E-state index contributed by atoms with van der Waals surface area (Å²) in [6.07, 6.45) is 5.62. The lowest BCUT2D eigenvalue weighted by molar-refractivity contribution is -0.125. The maximum atomic E-state index is 13.1. The normalized spacial score (nSPS) is 24.8. The topological polar surface area (TPSA) is 59.0 Å². The SMILES string of the molecule is Cn1cc([C@H]2CNC[C@@H]2C(=O)NC2(c3ccc(F)cc3)CC2)cn1. The molecule has 1 aliphatic heterocycles. The molecule has 2 atom stereocenters. The van der Waals surface area contributed by atoms with E-state index in [-0.39, 0.29) is 29.1 Å². The van der Waals surface area contributed by atoms with Gasteiger partial charge in [-0.25, -0.2) is 4.39 Å². The van der Waals surface area contributed by atoms with Gasteiger partial charge in [-0.1, -0.05) is 12.1 Å². The number of nitrogens with zero attached hydrogens (tertiary/aromatic N) is 2. The van der Waals surface area contributed by atoms with E-state index in [1.165, 1.54) is 12.1 Å². The summed E-state index contributed by atoms with van der Waals surface area (Å²) in [7, 11) is 1.88. The van der Waals surface area contributed by atoms with E-state index in [2.05, 4.69) is 15.7 Å². The van der Waals surface area contributed by atoms with E-state index >= 15 is 0 Å². The Morgan fingerprint density at radius 2 is 2.08 bits per heavy atom. The third-order valence-corrected chi connectivity index (χ3v) is 5.21. The third-order valence-electron chi connectivity index (χ3n) is 5.21. The second kappa shape index (κ2) is 5.70. The van der Waals surface area contributed by atoms with Gasteiger partial charge in [0.05, 0.1) is 17.7 Å². The van der Waals surface area contributed by atoms with Crippen LogP contribution in [0.3, 0.4) is 0 Å². The molecule has 1 aliphatic carbocycles. The lowest BCUT2D eigenvalue weighted by Gasteiger charge is -2.23. The molecule has 1 saturated carbocycles. The average molecular weight is 328 g/mol. The number of carbonyl (C=O) groups is 1. The molecule has 1 aromatic carbocycles. The Hall–Kier alpha value is -2.21. The van der Waals surface area contributed by atoms with E-state index < -0.39 is 0 Å². The minimum absolute atomic E-state index is 0.0654. The average Bonchev–Trinajstić information content (AvgIpc) is 2.98. The maximum absolute atomic E-state index is 13.1. The van der Waals surface area contributed by atoms with Crippen LogP contribution in [0, 0.1) is 11.7 Å². The molecule has 4 rings (SSSR count). The predicted octanol–water partition coefficient (Wildman–Crippen LogP) is 1.67. The molecule has 0 radical (unpaired) electrons. The largest absolute Gasteiger partial charge is 0.346 e. The molecule has 2 N–H and O–H groups in total. The second-order valence-electron chi connectivity index (χ2n) is 6.90. The van der Waals surface area contributed by atoms with Crippen molar-refractivity contribution in [2.75, 3.05) is 13.1 Å². The Morgan fingerprint density at radius 3 is 2.71 bits per heavy atom. The third kappa shape index (κ3) is 2.71. The predicted molar refractivity (Wildman–Crippen MR) is 87.8 cm³/mol. The summed E-state index contributed by atoms with van der Waals surface area (Å²) in [6.45, 7) is 1.46. The molecule has 6 heteroatoms. The number of benzene rings is 1. The van der Waals surface area contributed by atoms with E-state index in [0.717, 1.165) is 30.5 Å². The highest BCUT2D eigenvalue weighted by Crippen LogP contribution is 2.46. The monoisotopic (exact) mass is 328 g/mol. The Balaban J connectivity index is 1.50. The van der Waals surface area contributed by atoms with Gasteiger partial charge in [0, 0.05) is 32.3 Å². The molecule has 2 heterocycles. The van der Waals surface area contributed by atoms with Crippen LogP contribution in [0.25, 0.3) is 0 Å². The Morgan fingerprint density at radius 1 is 1.33 bits per heavy atom. The molecule has 0 bridgehead atoms. The van der Waals surface area contributed by atoms with Gasteiger partial charge in [0.25, 0.3) is 0 Å². The molecule has 0 spiro atoms. The fourth-order valence-corrected chi connectivity index (χ4v) is 3.64. The van der Waals surface area contributed by atoms with Crippen LogP contribution >= 0.6 is 0 Å². The first kappa shape index (κ1) is 15.3. The molecule has 2 aromatic rings. The number of nitrogens with one attached hydrogen (secondary N) is 2. The zero-order valence-corrected chi connectivity index (χ0v) is 13.6. The maximum Gasteiger partial charge on any atom is 0.225 e. The molecular formula is C18H21FN4O. The summed E-state index contributed by atoms with van der Waals surface area (Å²) in [6, 6.07) is 6.45. The molecule has 24 heavy (non-hydrogen) atoms. The Labute approximate surface area is 140 Å². The number of halogens is 1. The van der Waals surface area contributed by atoms with Gasteiger partial charge in [-0.3, -0.25) is 9.48 Å². The highest BCUT2D eigenvalue weighted by atomic mass is 19.1. The van der Waals surface area contributed by atoms with Crippen LogP contribution in [-0.4, -0.2) is 28.8 Å². The summed E-state index contributed by atoms with van der Waals surface area (Å²) in [5.74, 6) is -0.150. The summed E-state index contributed by atoms with van der Waals surface area (Å²) >= 11 is 0. The van der Waals surface area contributed by atoms with Gasteiger partial charge in [-0.2, -0.15) is 5.10 Å². The number of aryl methyl sites for hydroxylation is 1. The molecule has 0 unspecified atom stereocenters. The van der Waals surface area contributed by atoms with Crippen LogP contribution in [0.15, 0.2) is 36.7 Å². The molecule has 2 fully saturated rings. The van der Waals surface area contributed by atoms with Gasteiger partial charge in [0.2, 0.25) is 5.91 Å². The van der Waals surface area contributed by atoms with Crippen molar-refractivity contribution in [1.29, 1.82) is 0 Å². The van der Waals surface area contributed by atoms with Gasteiger partial charge >= 0.3 is 0 Å². The molecule has 1 aromatic heterocycles. The first-order chi connectivity index (χ1) is 11.6. The van der Waals surface area contributed by atoms with E-state index in [1.807, 2.05) is 19.4 Å². The highest BCUT2D eigenvalue weighted by Gasteiger charge is 2.47. The molecule has 1 amide bonds. The zero-order chi connectivity index (χ0) is 16.7. The van der Waals surface area contributed by atoms with Crippen molar-refractivity contribution in [1.82, 2.24) is 20.4 Å².